The lowest BCUT2D eigenvalue weighted by Crippen LogP contribution is -2.42. The van der Waals surface area contributed by atoms with Crippen molar-refractivity contribution in [3.8, 4) is 0 Å². The molecule has 162 valence electrons. The zero-order valence-corrected chi connectivity index (χ0v) is 17.6. The van der Waals surface area contributed by atoms with E-state index in [2.05, 4.69) is 10.6 Å². The monoisotopic (exact) mass is 417 g/mol. The minimum atomic E-state index is -0.837. The van der Waals surface area contributed by atoms with Crippen LogP contribution in [-0.4, -0.2) is 54.3 Å². The van der Waals surface area contributed by atoms with Crippen molar-refractivity contribution in [3.63, 3.8) is 0 Å². The van der Waals surface area contributed by atoms with Gasteiger partial charge in [0.2, 0.25) is 0 Å². The van der Waals surface area contributed by atoms with Crippen molar-refractivity contribution < 1.29 is 28.7 Å². The van der Waals surface area contributed by atoms with Gasteiger partial charge in [-0.3, -0.25) is 24.6 Å². The van der Waals surface area contributed by atoms with E-state index < -0.39 is 30.4 Å². The van der Waals surface area contributed by atoms with Crippen LogP contribution in [0.15, 0.2) is 18.2 Å². The number of carbonyl (C=O) groups excluding carboxylic acids is 5. The second kappa shape index (κ2) is 10.00. The molecule has 0 aromatic heterocycles. The molecule has 0 atom stereocenters. The van der Waals surface area contributed by atoms with E-state index in [9.17, 15) is 24.0 Å². The predicted molar refractivity (Wildman–Crippen MR) is 108 cm³/mol. The standard InChI is InChI=1S/C21H27N3O6/c1-12(2)7-8-24-18(26)15-6-5-14(9-16(15)19(24)27)20(28)30-11-17(25)23-21(29)22-10-13(3)4/h5-6,9,12-13H,7-8,10-11H2,1-4H3,(H2,22,23,25,29). The van der Waals surface area contributed by atoms with Crippen LogP contribution in [-0.2, 0) is 9.53 Å². The second-order valence-electron chi connectivity index (χ2n) is 7.93. The number of carbonyl (C=O) groups is 5. The molecule has 0 fully saturated rings. The summed E-state index contributed by atoms with van der Waals surface area (Å²) in [6.07, 6.45) is 0.681. The smallest absolute Gasteiger partial charge is 0.338 e. The van der Waals surface area contributed by atoms with E-state index in [1.54, 1.807) is 0 Å². The van der Waals surface area contributed by atoms with Gasteiger partial charge in [0.1, 0.15) is 0 Å². The summed E-state index contributed by atoms with van der Waals surface area (Å²) in [5.74, 6) is -1.90. The fraction of sp³-hybridized carbons (Fsp3) is 0.476. The van der Waals surface area contributed by atoms with Gasteiger partial charge in [-0.15, -0.1) is 0 Å². The van der Waals surface area contributed by atoms with Crippen LogP contribution < -0.4 is 10.6 Å². The third-order valence-corrected chi connectivity index (χ3v) is 4.39. The van der Waals surface area contributed by atoms with Gasteiger partial charge in [-0.2, -0.15) is 0 Å². The number of amides is 5. The first-order valence-corrected chi connectivity index (χ1v) is 9.85. The van der Waals surface area contributed by atoms with E-state index in [1.165, 1.54) is 23.1 Å². The molecule has 0 saturated carbocycles. The molecule has 0 aliphatic carbocycles. The van der Waals surface area contributed by atoms with E-state index in [0.29, 0.717) is 25.4 Å². The number of imide groups is 2. The fourth-order valence-corrected chi connectivity index (χ4v) is 2.73. The first-order valence-electron chi connectivity index (χ1n) is 9.85. The van der Waals surface area contributed by atoms with Crippen molar-refractivity contribution in [1.82, 2.24) is 15.5 Å². The number of rotatable bonds is 8. The predicted octanol–water partition coefficient (Wildman–Crippen LogP) is 1.97. The van der Waals surface area contributed by atoms with Gasteiger partial charge in [-0.25, -0.2) is 9.59 Å². The average Bonchev–Trinajstić information content (AvgIpc) is 2.92. The van der Waals surface area contributed by atoms with Crippen LogP contribution in [0.4, 0.5) is 4.79 Å². The van der Waals surface area contributed by atoms with Crippen LogP contribution in [0.2, 0.25) is 0 Å². The third-order valence-electron chi connectivity index (χ3n) is 4.39. The molecule has 0 saturated heterocycles. The number of benzene rings is 1. The highest BCUT2D eigenvalue weighted by molar-refractivity contribution is 6.22. The topological polar surface area (TPSA) is 122 Å². The Labute approximate surface area is 175 Å². The number of nitrogens with one attached hydrogen (secondary N) is 2. The van der Waals surface area contributed by atoms with Gasteiger partial charge in [0.15, 0.2) is 6.61 Å². The molecule has 9 nitrogen and oxygen atoms in total. The maximum atomic E-state index is 12.5. The highest BCUT2D eigenvalue weighted by Crippen LogP contribution is 2.25. The molecule has 1 aromatic carbocycles. The van der Waals surface area contributed by atoms with Crippen molar-refractivity contribution in [3.05, 3.63) is 34.9 Å². The molecular formula is C21H27N3O6. The minimum absolute atomic E-state index is 0.0395. The molecule has 0 unspecified atom stereocenters. The molecule has 9 heteroatoms. The quantitative estimate of drug-likeness (QED) is 0.493. The van der Waals surface area contributed by atoms with Gasteiger partial charge < -0.3 is 10.1 Å². The van der Waals surface area contributed by atoms with Gasteiger partial charge in [-0.1, -0.05) is 27.7 Å². The van der Waals surface area contributed by atoms with Crippen molar-refractivity contribution in [2.24, 2.45) is 11.8 Å². The lowest BCUT2D eigenvalue weighted by Gasteiger charge is -2.14. The Balaban J connectivity index is 1.95. The highest BCUT2D eigenvalue weighted by Gasteiger charge is 2.35. The number of urea groups is 1. The third kappa shape index (κ3) is 5.88. The van der Waals surface area contributed by atoms with Crippen LogP contribution in [0, 0.1) is 11.8 Å². The van der Waals surface area contributed by atoms with Gasteiger partial charge in [0.05, 0.1) is 16.7 Å². The normalized spacial score (nSPS) is 12.9. The summed E-state index contributed by atoms with van der Waals surface area (Å²) in [4.78, 5) is 61.6. The lowest BCUT2D eigenvalue weighted by atomic mass is 10.1. The molecule has 5 amide bonds. The number of esters is 1. The molecule has 2 N–H and O–H groups in total. The van der Waals surface area contributed by atoms with Crippen LogP contribution in [0.1, 0.15) is 65.2 Å². The van der Waals surface area contributed by atoms with E-state index in [-0.39, 0.29) is 28.5 Å². The summed E-state index contributed by atoms with van der Waals surface area (Å²) in [5.41, 5.74) is 0.410. The summed E-state index contributed by atoms with van der Waals surface area (Å²) in [6, 6.07) is 3.39. The molecule has 0 spiro atoms. The number of hydrogen-bond donors (Lipinski definition) is 2. The summed E-state index contributed by atoms with van der Waals surface area (Å²) >= 11 is 0. The van der Waals surface area contributed by atoms with Crippen LogP contribution >= 0.6 is 0 Å². The van der Waals surface area contributed by atoms with Gasteiger partial charge in [0, 0.05) is 13.1 Å². The summed E-state index contributed by atoms with van der Waals surface area (Å²) in [6.45, 7) is 7.85. The maximum Gasteiger partial charge on any atom is 0.338 e. The van der Waals surface area contributed by atoms with E-state index in [1.807, 2.05) is 27.7 Å². The Morgan fingerprint density at radius 1 is 1.00 bits per heavy atom. The fourth-order valence-electron chi connectivity index (χ4n) is 2.73. The SMILES string of the molecule is CC(C)CCN1C(=O)c2ccc(C(=O)OCC(=O)NC(=O)NCC(C)C)cc2C1=O. The van der Waals surface area contributed by atoms with E-state index in [0.717, 1.165) is 0 Å². The van der Waals surface area contributed by atoms with Crippen LogP contribution in [0.25, 0.3) is 0 Å². The molecular weight excluding hydrogens is 390 g/mol. The van der Waals surface area contributed by atoms with Crippen molar-refractivity contribution in [2.45, 2.75) is 34.1 Å². The van der Waals surface area contributed by atoms with E-state index >= 15 is 0 Å². The molecule has 1 aliphatic rings. The number of fused-ring (bicyclic) bond motifs is 1. The summed E-state index contributed by atoms with van der Waals surface area (Å²) in [5, 5.41) is 4.56. The van der Waals surface area contributed by atoms with Crippen molar-refractivity contribution in [1.29, 1.82) is 0 Å². The van der Waals surface area contributed by atoms with Crippen LogP contribution in [0.5, 0.6) is 0 Å². The Morgan fingerprint density at radius 2 is 1.67 bits per heavy atom. The van der Waals surface area contributed by atoms with Gasteiger partial charge in [0.25, 0.3) is 17.7 Å². The molecule has 1 aliphatic heterocycles. The largest absolute Gasteiger partial charge is 0.452 e. The van der Waals surface area contributed by atoms with Crippen molar-refractivity contribution in [2.75, 3.05) is 19.7 Å². The first-order chi connectivity index (χ1) is 14.1. The minimum Gasteiger partial charge on any atom is -0.452 e. The van der Waals surface area contributed by atoms with E-state index in [4.69, 9.17) is 4.74 Å². The molecule has 2 rings (SSSR count). The maximum absolute atomic E-state index is 12.5. The number of ether oxygens (including phenoxy) is 1. The Kier molecular flexibility index (Phi) is 7.68. The second-order valence-corrected chi connectivity index (χ2v) is 7.93. The first kappa shape index (κ1) is 23.1. The average molecular weight is 417 g/mol. The zero-order valence-electron chi connectivity index (χ0n) is 17.6. The van der Waals surface area contributed by atoms with Gasteiger partial charge in [-0.05, 0) is 36.5 Å². The number of hydrogen-bond acceptors (Lipinski definition) is 6. The molecule has 1 aromatic rings. The Hall–Kier alpha value is -3.23. The number of nitrogens with zero attached hydrogens (tertiary/aromatic N) is 1. The summed E-state index contributed by atoms with van der Waals surface area (Å²) < 4.78 is 4.90. The van der Waals surface area contributed by atoms with Crippen LogP contribution in [0.3, 0.4) is 0 Å². The summed E-state index contributed by atoms with van der Waals surface area (Å²) in [7, 11) is 0. The molecule has 0 bridgehead atoms. The highest BCUT2D eigenvalue weighted by atomic mass is 16.5. The molecule has 1 heterocycles. The van der Waals surface area contributed by atoms with Crippen molar-refractivity contribution >= 4 is 29.7 Å². The Morgan fingerprint density at radius 3 is 2.30 bits per heavy atom. The van der Waals surface area contributed by atoms with Gasteiger partial charge >= 0.3 is 12.0 Å². The Bertz CT molecular complexity index is 862. The zero-order chi connectivity index (χ0) is 22.4. The molecule has 0 radical (unpaired) electrons. The lowest BCUT2D eigenvalue weighted by molar-refractivity contribution is -0.123. The molecule has 30 heavy (non-hydrogen) atoms.